The number of carbonyl (C=O) groups excluding carboxylic acids is 1. The molecule has 1 atom stereocenters. The third kappa shape index (κ3) is 4.00. The van der Waals surface area contributed by atoms with Gasteiger partial charge in [-0.25, -0.2) is 0 Å². The van der Waals surface area contributed by atoms with E-state index in [1.165, 1.54) is 11.8 Å². The summed E-state index contributed by atoms with van der Waals surface area (Å²) in [6, 6.07) is 12.8. The molecule has 0 aliphatic heterocycles. The van der Waals surface area contributed by atoms with Crippen LogP contribution >= 0.6 is 35.0 Å². The van der Waals surface area contributed by atoms with Crippen molar-refractivity contribution in [1.82, 2.24) is 20.2 Å². The molecule has 0 saturated heterocycles. The standard InChI is InChI=1S/C17H15Cl2N5OS/c1-10-6-3-4-9-14(10)24-17(21-22-23-24)26-11(2)16(25)20-13-8-5-7-12(18)15(13)19/h3-9,11H,1-2H3,(H,20,25)/t11-/m0/s1. The van der Waals surface area contributed by atoms with Crippen molar-refractivity contribution in [1.29, 1.82) is 0 Å². The van der Waals surface area contributed by atoms with Crippen molar-refractivity contribution in [3.8, 4) is 5.69 Å². The van der Waals surface area contributed by atoms with Gasteiger partial charge in [0.15, 0.2) is 0 Å². The first-order valence-corrected chi connectivity index (χ1v) is 9.37. The van der Waals surface area contributed by atoms with Crippen molar-refractivity contribution < 1.29 is 4.79 Å². The molecule has 0 fully saturated rings. The second kappa shape index (κ2) is 8.07. The second-order valence-electron chi connectivity index (χ2n) is 5.51. The fraction of sp³-hybridized carbons (Fsp3) is 0.176. The van der Waals surface area contributed by atoms with Crippen LogP contribution < -0.4 is 5.32 Å². The Balaban J connectivity index is 1.76. The summed E-state index contributed by atoms with van der Waals surface area (Å²) < 4.78 is 1.62. The van der Waals surface area contributed by atoms with Crippen LogP contribution in [0.3, 0.4) is 0 Å². The predicted octanol–water partition coefficient (Wildman–Crippen LogP) is 4.40. The molecule has 9 heteroatoms. The first kappa shape index (κ1) is 18.7. The molecule has 6 nitrogen and oxygen atoms in total. The number of hydrogen-bond donors (Lipinski definition) is 1. The van der Waals surface area contributed by atoms with Crippen molar-refractivity contribution in [2.45, 2.75) is 24.3 Å². The van der Waals surface area contributed by atoms with Crippen molar-refractivity contribution in [2.24, 2.45) is 0 Å². The lowest BCUT2D eigenvalue weighted by Gasteiger charge is -2.13. The molecular weight excluding hydrogens is 393 g/mol. The highest BCUT2D eigenvalue weighted by Gasteiger charge is 2.20. The van der Waals surface area contributed by atoms with Gasteiger partial charge in [-0.2, -0.15) is 4.68 Å². The van der Waals surface area contributed by atoms with E-state index >= 15 is 0 Å². The molecule has 3 aromatic rings. The minimum Gasteiger partial charge on any atom is -0.324 e. The number of carbonyl (C=O) groups is 1. The fourth-order valence-corrected chi connectivity index (χ4v) is 3.40. The minimum absolute atomic E-state index is 0.224. The Morgan fingerprint density at radius 1 is 1.19 bits per heavy atom. The van der Waals surface area contributed by atoms with Gasteiger partial charge in [-0.05, 0) is 48.0 Å². The van der Waals surface area contributed by atoms with E-state index in [0.29, 0.717) is 20.9 Å². The molecule has 1 N–H and O–H groups in total. The maximum Gasteiger partial charge on any atom is 0.237 e. The topological polar surface area (TPSA) is 72.7 Å². The van der Waals surface area contributed by atoms with Gasteiger partial charge in [0.25, 0.3) is 0 Å². The summed E-state index contributed by atoms with van der Waals surface area (Å²) >= 11 is 13.4. The summed E-state index contributed by atoms with van der Waals surface area (Å²) in [7, 11) is 0. The quantitative estimate of drug-likeness (QED) is 0.634. The van der Waals surface area contributed by atoms with E-state index < -0.39 is 5.25 Å². The lowest BCUT2D eigenvalue weighted by molar-refractivity contribution is -0.115. The number of aromatic nitrogens is 4. The molecule has 0 saturated carbocycles. The van der Waals surface area contributed by atoms with Crippen LogP contribution in [0, 0.1) is 6.92 Å². The molecule has 1 heterocycles. The van der Waals surface area contributed by atoms with Crippen LogP contribution in [0.2, 0.25) is 10.0 Å². The third-order valence-corrected chi connectivity index (χ3v) is 5.50. The number of aryl methyl sites for hydroxylation is 1. The van der Waals surface area contributed by atoms with E-state index in [1.807, 2.05) is 31.2 Å². The van der Waals surface area contributed by atoms with Crippen LogP contribution in [0.1, 0.15) is 12.5 Å². The summed E-state index contributed by atoms with van der Waals surface area (Å²) in [5.74, 6) is -0.224. The fourth-order valence-electron chi connectivity index (χ4n) is 2.25. The number of benzene rings is 2. The molecule has 134 valence electrons. The first-order chi connectivity index (χ1) is 12.5. The Kier molecular flexibility index (Phi) is 5.80. The zero-order valence-electron chi connectivity index (χ0n) is 14.0. The van der Waals surface area contributed by atoms with E-state index in [2.05, 4.69) is 20.8 Å². The molecule has 2 aromatic carbocycles. The van der Waals surface area contributed by atoms with E-state index in [-0.39, 0.29) is 5.91 Å². The van der Waals surface area contributed by atoms with Gasteiger partial charge in [-0.15, -0.1) is 5.10 Å². The van der Waals surface area contributed by atoms with Crippen molar-refractivity contribution >= 4 is 46.6 Å². The summed E-state index contributed by atoms with van der Waals surface area (Å²) in [6.07, 6.45) is 0. The normalized spacial score (nSPS) is 12.0. The second-order valence-corrected chi connectivity index (χ2v) is 7.60. The van der Waals surface area contributed by atoms with Crippen LogP contribution in [0.25, 0.3) is 5.69 Å². The van der Waals surface area contributed by atoms with Gasteiger partial charge >= 0.3 is 0 Å². The Hall–Kier alpha value is -2.09. The van der Waals surface area contributed by atoms with Gasteiger partial charge < -0.3 is 5.32 Å². The zero-order chi connectivity index (χ0) is 18.7. The zero-order valence-corrected chi connectivity index (χ0v) is 16.3. The highest BCUT2D eigenvalue weighted by Crippen LogP contribution is 2.31. The molecular formula is C17H15Cl2N5OS. The number of anilines is 1. The molecule has 0 bridgehead atoms. The van der Waals surface area contributed by atoms with E-state index in [4.69, 9.17) is 23.2 Å². The molecule has 1 aromatic heterocycles. The van der Waals surface area contributed by atoms with Gasteiger partial charge in [0, 0.05) is 0 Å². The highest BCUT2D eigenvalue weighted by atomic mass is 35.5. The number of hydrogen-bond acceptors (Lipinski definition) is 5. The summed E-state index contributed by atoms with van der Waals surface area (Å²) in [5, 5.41) is 15.4. The van der Waals surface area contributed by atoms with Crippen LogP contribution in [0.15, 0.2) is 47.6 Å². The van der Waals surface area contributed by atoms with Gasteiger partial charge in [0.2, 0.25) is 11.1 Å². The number of amides is 1. The number of nitrogens with one attached hydrogen (secondary N) is 1. The maximum absolute atomic E-state index is 12.5. The number of para-hydroxylation sites is 1. The van der Waals surface area contributed by atoms with Crippen molar-refractivity contribution in [3.05, 3.63) is 58.1 Å². The number of tetrazole rings is 1. The average Bonchev–Trinajstić information content (AvgIpc) is 3.07. The number of nitrogens with zero attached hydrogens (tertiary/aromatic N) is 4. The highest BCUT2D eigenvalue weighted by molar-refractivity contribution is 8.00. The SMILES string of the molecule is Cc1ccccc1-n1nnnc1S[C@@H](C)C(=O)Nc1cccc(Cl)c1Cl. The van der Waals surface area contributed by atoms with Gasteiger partial charge in [0.1, 0.15) is 0 Å². The average molecular weight is 408 g/mol. The molecule has 0 aliphatic rings. The minimum atomic E-state index is -0.446. The van der Waals surface area contributed by atoms with Gasteiger partial charge in [0.05, 0.1) is 26.7 Å². The first-order valence-electron chi connectivity index (χ1n) is 7.73. The Bertz CT molecular complexity index is 946. The largest absolute Gasteiger partial charge is 0.324 e. The summed E-state index contributed by atoms with van der Waals surface area (Å²) in [6.45, 7) is 3.75. The molecule has 0 radical (unpaired) electrons. The molecule has 3 rings (SSSR count). The van der Waals surface area contributed by atoms with E-state index in [9.17, 15) is 4.79 Å². The van der Waals surface area contributed by atoms with Gasteiger partial charge in [-0.1, -0.05) is 59.2 Å². The van der Waals surface area contributed by atoms with Crippen LogP contribution in [-0.2, 0) is 4.79 Å². The van der Waals surface area contributed by atoms with Crippen LogP contribution in [0.4, 0.5) is 5.69 Å². The predicted molar refractivity (Wildman–Crippen MR) is 104 cm³/mol. The summed E-state index contributed by atoms with van der Waals surface area (Å²) in [5.41, 5.74) is 2.37. The summed E-state index contributed by atoms with van der Waals surface area (Å²) in [4.78, 5) is 12.5. The van der Waals surface area contributed by atoms with Crippen LogP contribution in [0.5, 0.6) is 0 Å². The monoisotopic (exact) mass is 407 g/mol. The molecule has 1 amide bonds. The number of rotatable bonds is 5. The lowest BCUT2D eigenvalue weighted by Crippen LogP contribution is -2.23. The lowest BCUT2D eigenvalue weighted by atomic mass is 10.2. The molecule has 0 spiro atoms. The maximum atomic E-state index is 12.5. The van der Waals surface area contributed by atoms with Crippen LogP contribution in [-0.4, -0.2) is 31.4 Å². The Morgan fingerprint density at radius 2 is 1.96 bits per heavy atom. The van der Waals surface area contributed by atoms with E-state index in [0.717, 1.165) is 11.3 Å². The van der Waals surface area contributed by atoms with Crippen molar-refractivity contribution in [2.75, 3.05) is 5.32 Å². The van der Waals surface area contributed by atoms with Crippen molar-refractivity contribution in [3.63, 3.8) is 0 Å². The van der Waals surface area contributed by atoms with Gasteiger partial charge in [-0.3, -0.25) is 4.79 Å². The molecule has 0 unspecified atom stereocenters. The molecule has 26 heavy (non-hydrogen) atoms. The molecule has 0 aliphatic carbocycles. The third-order valence-electron chi connectivity index (χ3n) is 3.65. The van der Waals surface area contributed by atoms with E-state index in [1.54, 1.807) is 29.8 Å². The number of thioether (sulfide) groups is 1. The number of halogens is 2. The Morgan fingerprint density at radius 3 is 2.73 bits per heavy atom. The smallest absolute Gasteiger partial charge is 0.237 e. The Labute approximate surface area is 164 Å².